The fraction of sp³-hybridized carbons (Fsp3) is 0.524. The number of aliphatic hydroxyl groups is 2. The number of aromatic nitrogens is 8. The Morgan fingerprint density at radius 3 is 2.35 bits per heavy atom. The average molecular weight is 688 g/mol. The second kappa shape index (κ2) is 11.4. The van der Waals surface area contributed by atoms with Gasteiger partial charge in [-0.05, 0) is 0 Å². The molecule has 0 aliphatic carbocycles. The molecule has 46 heavy (non-hydrogen) atoms. The maximum atomic E-state index is 13.2. The van der Waals surface area contributed by atoms with Crippen molar-refractivity contribution in [3.63, 3.8) is 0 Å². The number of ether oxygens (including phenoxy) is 3. The van der Waals surface area contributed by atoms with Gasteiger partial charge in [-0.2, -0.15) is 4.98 Å². The normalized spacial score (nSPS) is 37.4. The molecule has 9 N–H and O–H groups in total. The number of nitrogens with one attached hydrogen (secondary N) is 1. The molecule has 4 aromatic rings. The van der Waals surface area contributed by atoms with Crippen molar-refractivity contribution in [3.8, 4) is 0 Å². The molecule has 3 aliphatic rings. The zero-order chi connectivity index (χ0) is 32.5. The smallest absolute Gasteiger partial charge is 0.387 e. The maximum absolute atomic E-state index is 13.2. The number of aromatic amines is 1. The quantitative estimate of drug-likeness (QED) is 0.109. The summed E-state index contributed by atoms with van der Waals surface area (Å²) in [5, 5.41) is 22.2. The van der Waals surface area contributed by atoms with Crippen molar-refractivity contribution >= 4 is 49.5 Å². The van der Waals surface area contributed by atoms with E-state index in [1.807, 2.05) is 0 Å². The van der Waals surface area contributed by atoms with Crippen molar-refractivity contribution in [2.75, 3.05) is 31.0 Å². The molecule has 7 heterocycles. The van der Waals surface area contributed by atoms with Crippen LogP contribution in [0.1, 0.15) is 12.5 Å². The van der Waals surface area contributed by atoms with E-state index in [0.29, 0.717) is 0 Å². The third-order valence-electron chi connectivity index (χ3n) is 7.54. The molecular weight excluding hydrogens is 662 g/mol. The van der Waals surface area contributed by atoms with Crippen molar-refractivity contribution < 1.29 is 56.9 Å². The molecule has 25 heteroatoms. The standard InChI is InChI=1S/C21H26N10O13P2/c22-15-9-16(25-3-24-15)30(4-26-9)19-12(33)13-8(43-19)2-41-46(37,38)44-14-11(32)7(1-40-45(35,36)6-39-13)42-20(14)31-5-27-10-17(31)28-21(23)29-18(10)34/h3-5,7-8,11-14,19-20,32-33H,1-2,6H2,(H,35,36)(H,37,38)(H2,22,24,25)(H3,23,28,29,34)/t7-,8-,11-,12+,13-,14-,19-,20-/m1/s1. The second-order valence-corrected chi connectivity index (χ2v) is 13.7. The van der Waals surface area contributed by atoms with E-state index in [1.165, 1.54) is 17.2 Å². The molecule has 3 fully saturated rings. The highest BCUT2D eigenvalue weighted by Gasteiger charge is 2.52. The Kier molecular flexibility index (Phi) is 7.70. The van der Waals surface area contributed by atoms with Crippen LogP contribution in [-0.2, 0) is 36.9 Å². The summed E-state index contributed by atoms with van der Waals surface area (Å²) < 4.78 is 61.7. The van der Waals surface area contributed by atoms with Crippen molar-refractivity contribution in [1.29, 1.82) is 0 Å². The second-order valence-electron chi connectivity index (χ2n) is 10.5. The van der Waals surface area contributed by atoms with Gasteiger partial charge in [0.1, 0.15) is 54.8 Å². The van der Waals surface area contributed by atoms with Crippen LogP contribution < -0.4 is 17.0 Å². The number of fused-ring (bicyclic) bond motifs is 5. The van der Waals surface area contributed by atoms with Crippen molar-refractivity contribution in [2.45, 2.75) is 49.1 Å². The van der Waals surface area contributed by atoms with Gasteiger partial charge in [0.05, 0.1) is 25.9 Å². The first-order chi connectivity index (χ1) is 21.8. The Labute approximate surface area is 255 Å². The van der Waals surface area contributed by atoms with Crippen LogP contribution in [-0.4, -0.2) is 115 Å². The zero-order valence-electron chi connectivity index (χ0n) is 23.1. The Balaban J connectivity index is 1.20. The molecule has 7 rings (SSSR count). The predicted octanol–water partition coefficient (Wildman–Crippen LogP) is -2.30. The fourth-order valence-corrected chi connectivity index (χ4v) is 7.18. The van der Waals surface area contributed by atoms with E-state index in [2.05, 4.69) is 29.9 Å². The van der Waals surface area contributed by atoms with Gasteiger partial charge in [0.2, 0.25) is 5.95 Å². The number of nitrogen functional groups attached to an aromatic ring is 2. The van der Waals surface area contributed by atoms with E-state index in [4.69, 9.17) is 39.2 Å². The van der Waals surface area contributed by atoms with Crippen molar-refractivity contribution in [2.24, 2.45) is 0 Å². The molecule has 0 amide bonds. The Hall–Kier alpha value is -3.44. The summed E-state index contributed by atoms with van der Waals surface area (Å²) in [7, 11) is -9.69. The summed E-state index contributed by atoms with van der Waals surface area (Å²) >= 11 is 0. The molecule has 2 bridgehead atoms. The molecule has 2 unspecified atom stereocenters. The maximum Gasteiger partial charge on any atom is 0.472 e. The summed E-state index contributed by atoms with van der Waals surface area (Å²) in [6.45, 7) is -1.49. The minimum absolute atomic E-state index is 0.0553. The van der Waals surface area contributed by atoms with Crippen LogP contribution in [0.15, 0.2) is 23.8 Å². The van der Waals surface area contributed by atoms with E-state index in [1.54, 1.807) is 0 Å². The Morgan fingerprint density at radius 2 is 1.57 bits per heavy atom. The van der Waals surface area contributed by atoms with E-state index in [-0.39, 0.29) is 34.1 Å². The number of hydrogen-bond acceptors (Lipinski definition) is 18. The Morgan fingerprint density at radius 1 is 0.870 bits per heavy atom. The molecule has 0 spiro atoms. The summed E-state index contributed by atoms with van der Waals surface area (Å²) in [6.07, 6.45) is -9.39. The van der Waals surface area contributed by atoms with Gasteiger partial charge in [-0.3, -0.25) is 32.5 Å². The van der Waals surface area contributed by atoms with Crippen molar-refractivity contribution in [1.82, 2.24) is 39.0 Å². The number of aliphatic hydroxyl groups excluding tert-OH is 2. The lowest BCUT2D eigenvalue weighted by Crippen LogP contribution is -2.38. The van der Waals surface area contributed by atoms with Gasteiger partial charge in [0, 0.05) is 0 Å². The molecule has 248 valence electrons. The number of nitrogens with zero attached hydrogens (tertiary/aromatic N) is 7. The minimum atomic E-state index is -5.09. The molecule has 4 aromatic heterocycles. The van der Waals surface area contributed by atoms with Crippen LogP contribution in [0.5, 0.6) is 0 Å². The average Bonchev–Trinajstić information content (AvgIpc) is 3.75. The van der Waals surface area contributed by atoms with Crippen LogP contribution in [0.3, 0.4) is 0 Å². The number of H-pyrrole nitrogens is 1. The number of nitrogens with two attached hydrogens (primary N) is 2. The lowest BCUT2D eigenvalue weighted by atomic mass is 10.1. The van der Waals surface area contributed by atoms with Crippen LogP contribution in [0.2, 0.25) is 0 Å². The third-order valence-corrected chi connectivity index (χ3v) is 9.55. The van der Waals surface area contributed by atoms with Gasteiger partial charge in [-0.25, -0.2) is 24.5 Å². The Bertz CT molecular complexity index is 1950. The van der Waals surface area contributed by atoms with E-state index >= 15 is 0 Å². The highest BCUT2D eigenvalue weighted by Crippen LogP contribution is 2.52. The van der Waals surface area contributed by atoms with Gasteiger partial charge in [-0.1, -0.05) is 0 Å². The minimum Gasteiger partial charge on any atom is -0.387 e. The molecule has 0 radical (unpaired) electrons. The number of phosphoric ester groups is 1. The zero-order valence-corrected chi connectivity index (χ0v) is 24.9. The molecular formula is C21H26N10O13P2. The summed E-state index contributed by atoms with van der Waals surface area (Å²) in [4.78, 5) is 55.9. The number of imidazole rings is 2. The van der Waals surface area contributed by atoms with E-state index in [0.717, 1.165) is 10.9 Å². The number of anilines is 2. The largest absolute Gasteiger partial charge is 0.472 e. The fourth-order valence-electron chi connectivity index (χ4n) is 5.43. The predicted molar refractivity (Wildman–Crippen MR) is 148 cm³/mol. The molecule has 0 aromatic carbocycles. The first-order valence-corrected chi connectivity index (χ1v) is 16.6. The van der Waals surface area contributed by atoms with Gasteiger partial charge in [0.25, 0.3) is 5.56 Å². The van der Waals surface area contributed by atoms with Crippen LogP contribution >= 0.6 is 15.4 Å². The lowest BCUT2D eigenvalue weighted by molar-refractivity contribution is -0.0633. The molecule has 3 saturated heterocycles. The summed E-state index contributed by atoms with van der Waals surface area (Å²) in [5.74, 6) is -0.225. The molecule has 10 atom stereocenters. The monoisotopic (exact) mass is 688 g/mol. The highest BCUT2D eigenvalue weighted by atomic mass is 31.2. The van der Waals surface area contributed by atoms with Gasteiger partial charge < -0.3 is 50.2 Å². The molecule has 3 aliphatic heterocycles. The third kappa shape index (κ3) is 5.49. The van der Waals surface area contributed by atoms with E-state index in [9.17, 15) is 33.9 Å². The summed E-state index contributed by atoms with van der Waals surface area (Å²) in [5.41, 5.74) is 10.9. The van der Waals surface area contributed by atoms with Crippen LogP contribution in [0.25, 0.3) is 22.3 Å². The number of rotatable bonds is 2. The summed E-state index contributed by atoms with van der Waals surface area (Å²) in [6, 6.07) is 0. The SMILES string of the molecule is Nc1nc2c(ncn2[C@@H]2O[C@@H]3COP(=O)(O)CO[C@H]4[C@H](O)[C@H](n5cnc6c(N)ncnc65)O[C@@H]4COP(=O)(O)O[C@@H]2[C@@H]3O)c(=O)[nH]1. The van der Waals surface area contributed by atoms with Gasteiger partial charge in [-0.15, -0.1) is 0 Å². The molecule has 23 nitrogen and oxygen atoms in total. The first-order valence-electron chi connectivity index (χ1n) is 13.4. The van der Waals surface area contributed by atoms with Gasteiger partial charge in [0.15, 0.2) is 35.1 Å². The van der Waals surface area contributed by atoms with Crippen LogP contribution in [0.4, 0.5) is 11.8 Å². The van der Waals surface area contributed by atoms with Crippen molar-refractivity contribution in [3.05, 3.63) is 29.3 Å². The molecule has 0 saturated carbocycles. The topological polar surface area (TPSA) is 330 Å². The van der Waals surface area contributed by atoms with Gasteiger partial charge >= 0.3 is 15.4 Å². The first kappa shape index (κ1) is 31.2. The lowest BCUT2D eigenvalue weighted by Gasteiger charge is -2.26. The number of phosphoric acid groups is 1. The van der Waals surface area contributed by atoms with E-state index < -0.39 is 89.6 Å². The van der Waals surface area contributed by atoms with Crippen LogP contribution in [0, 0.1) is 0 Å². The highest BCUT2D eigenvalue weighted by molar-refractivity contribution is 7.52. The number of hydrogen-bond donors (Lipinski definition) is 7.